The third-order valence-electron chi connectivity index (χ3n) is 2.93. The van der Waals surface area contributed by atoms with Gasteiger partial charge in [0.15, 0.2) is 0 Å². The summed E-state index contributed by atoms with van der Waals surface area (Å²) in [5.74, 6) is -1.93. The molecule has 0 aliphatic heterocycles. The molecule has 0 saturated carbocycles. The number of nitrogens with zero attached hydrogens (tertiary/aromatic N) is 2. The molecular weight excluding hydrogens is 263 g/mol. The fraction of sp³-hybridized carbons (Fsp3) is 0.429. The van der Waals surface area contributed by atoms with E-state index in [0.717, 1.165) is 0 Å². The maximum absolute atomic E-state index is 13.1. The van der Waals surface area contributed by atoms with Crippen molar-refractivity contribution >= 4 is 12.0 Å². The standard InChI is InChI=1S/C14H19FN2O3/c1-10(13(18)19)8-16(2)14(20)17(3)9-11-5-4-6-12(15)7-11/h4-7,10H,8-9H2,1-3H3,(H,18,19). The lowest BCUT2D eigenvalue weighted by Gasteiger charge is -2.26. The van der Waals surface area contributed by atoms with Crippen LogP contribution in [0.2, 0.25) is 0 Å². The van der Waals surface area contributed by atoms with E-state index in [0.29, 0.717) is 5.56 Å². The Kier molecular flexibility index (Phi) is 5.49. The molecule has 0 heterocycles. The fourth-order valence-corrected chi connectivity index (χ4v) is 1.84. The molecule has 1 N–H and O–H groups in total. The molecule has 0 fully saturated rings. The lowest BCUT2D eigenvalue weighted by atomic mass is 10.2. The molecule has 110 valence electrons. The molecule has 1 aromatic carbocycles. The van der Waals surface area contributed by atoms with Gasteiger partial charge in [-0.3, -0.25) is 4.79 Å². The second kappa shape index (κ2) is 6.88. The van der Waals surface area contributed by atoms with Gasteiger partial charge in [0, 0.05) is 27.2 Å². The number of hydrogen-bond donors (Lipinski definition) is 1. The highest BCUT2D eigenvalue weighted by Crippen LogP contribution is 2.08. The van der Waals surface area contributed by atoms with Crippen LogP contribution in [0.1, 0.15) is 12.5 Å². The minimum Gasteiger partial charge on any atom is -0.481 e. The van der Waals surface area contributed by atoms with E-state index in [1.54, 1.807) is 33.2 Å². The van der Waals surface area contributed by atoms with Gasteiger partial charge >= 0.3 is 12.0 Å². The molecule has 0 spiro atoms. The Morgan fingerprint density at radius 3 is 2.50 bits per heavy atom. The summed E-state index contributed by atoms with van der Waals surface area (Å²) in [6, 6.07) is 5.71. The summed E-state index contributed by atoms with van der Waals surface area (Å²) >= 11 is 0. The quantitative estimate of drug-likeness (QED) is 0.899. The van der Waals surface area contributed by atoms with Crippen LogP contribution in [0.15, 0.2) is 24.3 Å². The summed E-state index contributed by atoms with van der Waals surface area (Å²) in [5, 5.41) is 8.82. The van der Waals surface area contributed by atoms with Crippen LogP contribution in [0.25, 0.3) is 0 Å². The van der Waals surface area contributed by atoms with Crippen LogP contribution in [0.4, 0.5) is 9.18 Å². The first-order valence-electron chi connectivity index (χ1n) is 6.24. The molecule has 1 unspecified atom stereocenters. The highest BCUT2D eigenvalue weighted by molar-refractivity contribution is 5.75. The summed E-state index contributed by atoms with van der Waals surface area (Å²) in [4.78, 5) is 25.6. The monoisotopic (exact) mass is 282 g/mol. The maximum Gasteiger partial charge on any atom is 0.319 e. The molecule has 0 saturated heterocycles. The van der Waals surface area contributed by atoms with Crippen LogP contribution in [0, 0.1) is 11.7 Å². The molecule has 1 rings (SSSR count). The summed E-state index contributed by atoms with van der Waals surface area (Å²) in [5.41, 5.74) is 0.681. The fourth-order valence-electron chi connectivity index (χ4n) is 1.84. The number of amides is 2. The van der Waals surface area contributed by atoms with Gasteiger partial charge in [0.1, 0.15) is 5.82 Å². The zero-order valence-electron chi connectivity index (χ0n) is 11.8. The Balaban J connectivity index is 2.60. The van der Waals surface area contributed by atoms with Crippen molar-refractivity contribution in [3.8, 4) is 0 Å². The minimum absolute atomic E-state index is 0.127. The molecule has 1 aromatic rings. The van der Waals surface area contributed by atoms with Crippen LogP contribution < -0.4 is 0 Å². The number of hydrogen-bond acceptors (Lipinski definition) is 2. The molecule has 1 atom stereocenters. The highest BCUT2D eigenvalue weighted by Gasteiger charge is 2.20. The SMILES string of the molecule is CC(CN(C)C(=O)N(C)Cc1cccc(F)c1)C(=O)O. The van der Waals surface area contributed by atoms with E-state index in [4.69, 9.17) is 5.11 Å². The molecular formula is C14H19FN2O3. The van der Waals surface area contributed by atoms with Gasteiger partial charge in [-0.15, -0.1) is 0 Å². The summed E-state index contributed by atoms with van der Waals surface area (Å²) in [6.45, 7) is 1.93. The molecule has 0 radical (unpaired) electrons. The van der Waals surface area contributed by atoms with Crippen molar-refractivity contribution in [2.75, 3.05) is 20.6 Å². The molecule has 20 heavy (non-hydrogen) atoms. The Bertz CT molecular complexity index is 493. The van der Waals surface area contributed by atoms with Gasteiger partial charge in [-0.1, -0.05) is 19.1 Å². The molecule has 5 nitrogen and oxygen atoms in total. The molecule has 0 aromatic heterocycles. The lowest BCUT2D eigenvalue weighted by molar-refractivity contribution is -0.141. The zero-order chi connectivity index (χ0) is 15.3. The zero-order valence-corrected chi connectivity index (χ0v) is 11.8. The highest BCUT2D eigenvalue weighted by atomic mass is 19.1. The third kappa shape index (κ3) is 4.53. The second-order valence-corrected chi connectivity index (χ2v) is 4.89. The summed E-state index contributed by atoms with van der Waals surface area (Å²) < 4.78 is 13.1. The van der Waals surface area contributed by atoms with Crippen molar-refractivity contribution < 1.29 is 19.1 Å². The van der Waals surface area contributed by atoms with Crippen molar-refractivity contribution in [1.82, 2.24) is 9.80 Å². The van der Waals surface area contributed by atoms with Gasteiger partial charge in [-0.05, 0) is 17.7 Å². The molecule has 0 aliphatic carbocycles. The first-order valence-corrected chi connectivity index (χ1v) is 6.24. The minimum atomic E-state index is -0.947. The summed E-state index contributed by atoms with van der Waals surface area (Å²) in [6.07, 6.45) is 0. The predicted molar refractivity (Wildman–Crippen MR) is 72.7 cm³/mol. The number of rotatable bonds is 5. The molecule has 0 bridgehead atoms. The average molecular weight is 282 g/mol. The van der Waals surface area contributed by atoms with Crippen LogP contribution >= 0.6 is 0 Å². The van der Waals surface area contributed by atoms with Gasteiger partial charge in [0.05, 0.1) is 5.92 Å². The van der Waals surface area contributed by atoms with E-state index in [1.165, 1.54) is 21.9 Å². The van der Waals surface area contributed by atoms with Crippen LogP contribution in [0.5, 0.6) is 0 Å². The van der Waals surface area contributed by atoms with Crippen LogP contribution in [-0.2, 0) is 11.3 Å². The Hall–Kier alpha value is -2.11. The van der Waals surface area contributed by atoms with Crippen LogP contribution in [0.3, 0.4) is 0 Å². The normalized spacial score (nSPS) is 11.8. The van der Waals surface area contributed by atoms with E-state index in [-0.39, 0.29) is 24.9 Å². The lowest BCUT2D eigenvalue weighted by Crippen LogP contribution is -2.41. The Morgan fingerprint density at radius 1 is 1.30 bits per heavy atom. The first kappa shape index (κ1) is 15.9. The number of urea groups is 1. The maximum atomic E-state index is 13.1. The number of carbonyl (C=O) groups is 2. The molecule has 0 aliphatic rings. The van der Waals surface area contributed by atoms with Gasteiger partial charge < -0.3 is 14.9 Å². The summed E-state index contributed by atoms with van der Waals surface area (Å²) in [7, 11) is 3.14. The third-order valence-corrected chi connectivity index (χ3v) is 2.93. The molecule has 6 heteroatoms. The van der Waals surface area contributed by atoms with E-state index < -0.39 is 11.9 Å². The van der Waals surface area contributed by atoms with E-state index in [1.807, 2.05) is 0 Å². The Morgan fingerprint density at radius 2 is 1.95 bits per heavy atom. The van der Waals surface area contributed by atoms with E-state index >= 15 is 0 Å². The van der Waals surface area contributed by atoms with Crippen molar-refractivity contribution in [2.24, 2.45) is 5.92 Å². The topological polar surface area (TPSA) is 60.9 Å². The van der Waals surface area contributed by atoms with Gasteiger partial charge in [-0.25, -0.2) is 9.18 Å². The van der Waals surface area contributed by atoms with Crippen molar-refractivity contribution in [3.05, 3.63) is 35.6 Å². The average Bonchev–Trinajstić information content (AvgIpc) is 2.37. The van der Waals surface area contributed by atoms with Gasteiger partial charge in [0.2, 0.25) is 0 Å². The van der Waals surface area contributed by atoms with Crippen LogP contribution in [-0.4, -0.2) is 47.5 Å². The number of benzene rings is 1. The number of carboxylic acids is 1. The number of aliphatic carboxylic acids is 1. The molecule has 2 amide bonds. The number of carboxylic acid groups (broad SMARTS) is 1. The van der Waals surface area contributed by atoms with E-state index in [9.17, 15) is 14.0 Å². The van der Waals surface area contributed by atoms with Crippen molar-refractivity contribution in [3.63, 3.8) is 0 Å². The Labute approximate surface area is 117 Å². The largest absolute Gasteiger partial charge is 0.481 e. The first-order chi connectivity index (χ1) is 9.31. The number of halogens is 1. The van der Waals surface area contributed by atoms with Gasteiger partial charge in [0.25, 0.3) is 0 Å². The predicted octanol–water partition coefficient (Wildman–Crippen LogP) is 2.03. The van der Waals surface area contributed by atoms with E-state index in [2.05, 4.69) is 0 Å². The smallest absolute Gasteiger partial charge is 0.319 e. The van der Waals surface area contributed by atoms with Crippen molar-refractivity contribution in [1.29, 1.82) is 0 Å². The van der Waals surface area contributed by atoms with Crippen molar-refractivity contribution in [2.45, 2.75) is 13.5 Å². The van der Waals surface area contributed by atoms with Gasteiger partial charge in [-0.2, -0.15) is 0 Å². The second-order valence-electron chi connectivity index (χ2n) is 4.89. The number of carbonyl (C=O) groups excluding carboxylic acids is 1.